The van der Waals surface area contributed by atoms with Crippen LogP contribution < -0.4 is 20.1 Å². The first-order valence-corrected chi connectivity index (χ1v) is 11.6. The van der Waals surface area contributed by atoms with Gasteiger partial charge in [0, 0.05) is 30.1 Å². The second kappa shape index (κ2) is 8.92. The molecule has 1 amide bonds. The van der Waals surface area contributed by atoms with Gasteiger partial charge >= 0.3 is 0 Å². The van der Waals surface area contributed by atoms with Gasteiger partial charge in [0.25, 0.3) is 0 Å². The molecule has 1 aliphatic heterocycles. The summed E-state index contributed by atoms with van der Waals surface area (Å²) >= 11 is 1.41. The van der Waals surface area contributed by atoms with Crippen LogP contribution >= 0.6 is 11.3 Å². The summed E-state index contributed by atoms with van der Waals surface area (Å²) in [6.07, 6.45) is 2.81. The fourth-order valence-corrected chi connectivity index (χ4v) is 4.47. The molecule has 0 aliphatic carbocycles. The zero-order valence-electron chi connectivity index (χ0n) is 18.9. The number of nitrogens with zero attached hydrogens (tertiary/aromatic N) is 1. The van der Waals surface area contributed by atoms with Crippen molar-refractivity contribution >= 4 is 22.4 Å². The van der Waals surface area contributed by atoms with Crippen molar-refractivity contribution in [2.75, 3.05) is 11.9 Å². The molecule has 32 heavy (non-hydrogen) atoms. The molecule has 2 N–H and O–H groups in total. The Morgan fingerprint density at radius 1 is 1.22 bits per heavy atom. The van der Waals surface area contributed by atoms with Crippen molar-refractivity contribution in [3.8, 4) is 17.2 Å². The first-order valence-electron chi connectivity index (χ1n) is 10.8. The van der Waals surface area contributed by atoms with Crippen LogP contribution in [-0.4, -0.2) is 23.0 Å². The average molecular weight is 452 g/mol. The first kappa shape index (κ1) is 22.3. The van der Waals surface area contributed by atoms with Crippen LogP contribution in [0.25, 0.3) is 0 Å². The van der Waals surface area contributed by atoms with Gasteiger partial charge in [0.05, 0.1) is 0 Å². The number of carbonyl (C=O) groups is 1. The monoisotopic (exact) mass is 451 g/mol. The number of para-hydroxylation sites is 1. The lowest BCUT2D eigenvalue weighted by molar-refractivity contribution is -0.117. The van der Waals surface area contributed by atoms with Crippen molar-refractivity contribution in [3.63, 3.8) is 0 Å². The molecule has 2 heterocycles. The molecule has 168 valence electrons. The third kappa shape index (κ3) is 5.29. The SMILES string of the molecule is CC(C)(C)Oc1cc2c(cc1Oc1ccccc1)[C@@](C)(CC(=O)Nc1nccs1)NCC2. The lowest BCUT2D eigenvalue weighted by Gasteiger charge is -2.37. The molecular weight excluding hydrogens is 422 g/mol. The van der Waals surface area contributed by atoms with Gasteiger partial charge in [-0.1, -0.05) is 18.2 Å². The third-order valence-electron chi connectivity index (χ3n) is 5.25. The topological polar surface area (TPSA) is 72.5 Å². The van der Waals surface area contributed by atoms with Crippen LogP contribution in [0.2, 0.25) is 0 Å². The van der Waals surface area contributed by atoms with E-state index in [9.17, 15) is 4.79 Å². The largest absolute Gasteiger partial charge is 0.484 e. The summed E-state index contributed by atoms with van der Waals surface area (Å²) in [5, 5.41) is 8.89. The molecule has 1 atom stereocenters. The van der Waals surface area contributed by atoms with Crippen LogP contribution in [0, 0.1) is 0 Å². The number of nitrogens with one attached hydrogen (secondary N) is 2. The average Bonchev–Trinajstić information content (AvgIpc) is 3.21. The van der Waals surface area contributed by atoms with Crippen molar-refractivity contribution in [2.24, 2.45) is 0 Å². The second-order valence-electron chi connectivity index (χ2n) is 9.16. The highest BCUT2D eigenvalue weighted by Gasteiger charge is 2.36. The van der Waals surface area contributed by atoms with E-state index < -0.39 is 5.54 Å². The highest BCUT2D eigenvalue weighted by atomic mass is 32.1. The lowest BCUT2D eigenvalue weighted by Crippen LogP contribution is -2.47. The van der Waals surface area contributed by atoms with E-state index in [-0.39, 0.29) is 17.9 Å². The Morgan fingerprint density at radius 3 is 2.69 bits per heavy atom. The Labute approximate surface area is 193 Å². The Bertz CT molecular complexity index is 1080. The minimum absolute atomic E-state index is 0.0802. The van der Waals surface area contributed by atoms with Crippen molar-refractivity contribution in [1.82, 2.24) is 10.3 Å². The number of ether oxygens (including phenoxy) is 2. The summed E-state index contributed by atoms with van der Waals surface area (Å²) in [7, 11) is 0. The molecule has 0 saturated carbocycles. The molecule has 4 rings (SSSR count). The van der Waals surface area contributed by atoms with Gasteiger partial charge < -0.3 is 20.1 Å². The molecular formula is C25H29N3O3S. The Balaban J connectivity index is 1.68. The van der Waals surface area contributed by atoms with Gasteiger partial charge in [-0.3, -0.25) is 4.79 Å². The quantitative estimate of drug-likeness (QED) is 0.518. The second-order valence-corrected chi connectivity index (χ2v) is 10.1. The number of benzene rings is 2. The number of carbonyl (C=O) groups excluding carboxylic acids is 1. The maximum atomic E-state index is 12.8. The number of hydrogen-bond acceptors (Lipinski definition) is 6. The van der Waals surface area contributed by atoms with Gasteiger partial charge in [0.1, 0.15) is 11.4 Å². The first-order chi connectivity index (χ1) is 15.2. The molecule has 6 nitrogen and oxygen atoms in total. The van der Waals surface area contributed by atoms with Gasteiger partial charge in [0.15, 0.2) is 16.6 Å². The van der Waals surface area contributed by atoms with Gasteiger partial charge in [-0.05, 0) is 69.5 Å². The normalized spacial score (nSPS) is 18.0. The van der Waals surface area contributed by atoms with E-state index in [1.165, 1.54) is 11.3 Å². The van der Waals surface area contributed by atoms with E-state index in [4.69, 9.17) is 9.47 Å². The van der Waals surface area contributed by atoms with Gasteiger partial charge in [-0.25, -0.2) is 4.98 Å². The highest BCUT2D eigenvalue weighted by molar-refractivity contribution is 7.13. The van der Waals surface area contributed by atoms with Crippen molar-refractivity contribution in [3.05, 3.63) is 65.2 Å². The molecule has 0 fully saturated rings. The molecule has 7 heteroatoms. The van der Waals surface area contributed by atoms with Crippen molar-refractivity contribution in [1.29, 1.82) is 0 Å². The predicted octanol–water partition coefficient (Wildman–Crippen LogP) is 5.50. The van der Waals surface area contributed by atoms with Gasteiger partial charge in [-0.2, -0.15) is 0 Å². The third-order valence-corrected chi connectivity index (χ3v) is 5.94. The van der Waals surface area contributed by atoms with Crippen molar-refractivity contribution < 1.29 is 14.3 Å². The Kier molecular flexibility index (Phi) is 6.22. The number of anilines is 1. The fraction of sp³-hybridized carbons (Fsp3) is 0.360. The molecule has 1 aliphatic rings. The van der Waals surface area contributed by atoms with E-state index in [0.717, 1.165) is 29.8 Å². The van der Waals surface area contributed by atoms with E-state index in [0.29, 0.717) is 16.6 Å². The zero-order valence-corrected chi connectivity index (χ0v) is 19.7. The van der Waals surface area contributed by atoms with E-state index in [1.54, 1.807) is 6.20 Å². The highest BCUT2D eigenvalue weighted by Crippen LogP contribution is 2.42. The maximum absolute atomic E-state index is 12.8. The zero-order chi connectivity index (χ0) is 22.8. The maximum Gasteiger partial charge on any atom is 0.228 e. The predicted molar refractivity (Wildman–Crippen MR) is 128 cm³/mol. The molecule has 3 aromatic rings. The molecule has 2 aromatic carbocycles. The Morgan fingerprint density at radius 2 is 2.00 bits per heavy atom. The van der Waals surface area contributed by atoms with E-state index in [1.807, 2.05) is 62.5 Å². The Hall–Kier alpha value is -2.90. The summed E-state index contributed by atoms with van der Waals surface area (Å²) in [4.78, 5) is 16.9. The summed E-state index contributed by atoms with van der Waals surface area (Å²) in [5.41, 5.74) is 1.30. The van der Waals surface area contributed by atoms with Crippen LogP contribution in [0.15, 0.2) is 54.0 Å². The summed E-state index contributed by atoms with van der Waals surface area (Å²) in [6.45, 7) is 8.90. The standard InChI is InChI=1S/C25H29N3O3S/c1-24(2,3)31-21-14-17-10-11-27-25(4,16-22(29)28-23-26-12-13-32-23)19(17)15-20(21)30-18-8-6-5-7-9-18/h5-9,12-15,27H,10-11,16H2,1-4H3,(H,26,28,29)/t25-/m1/s1. The van der Waals surface area contributed by atoms with Gasteiger partial charge in [-0.15, -0.1) is 11.3 Å². The van der Waals surface area contributed by atoms with E-state index in [2.05, 4.69) is 28.6 Å². The van der Waals surface area contributed by atoms with E-state index >= 15 is 0 Å². The molecule has 0 saturated heterocycles. The number of amides is 1. The molecule has 0 radical (unpaired) electrons. The summed E-state index contributed by atoms with van der Waals surface area (Å²) in [5.74, 6) is 2.00. The number of fused-ring (bicyclic) bond motifs is 1. The van der Waals surface area contributed by atoms with Crippen LogP contribution in [0.4, 0.5) is 5.13 Å². The number of rotatable bonds is 6. The molecule has 0 unspecified atom stereocenters. The molecule has 0 spiro atoms. The van der Waals surface area contributed by atoms with Crippen LogP contribution in [-0.2, 0) is 16.8 Å². The number of aromatic nitrogens is 1. The minimum Gasteiger partial charge on any atom is -0.484 e. The van der Waals surface area contributed by atoms with Crippen molar-refractivity contribution in [2.45, 2.75) is 51.7 Å². The fourth-order valence-electron chi connectivity index (χ4n) is 3.92. The number of thiazole rings is 1. The smallest absolute Gasteiger partial charge is 0.228 e. The minimum atomic E-state index is -0.538. The summed E-state index contributed by atoms with van der Waals surface area (Å²) in [6, 6.07) is 13.7. The van der Waals surface area contributed by atoms with Gasteiger partial charge in [0.2, 0.25) is 5.91 Å². The molecule has 1 aromatic heterocycles. The van der Waals surface area contributed by atoms with Crippen LogP contribution in [0.5, 0.6) is 17.2 Å². The summed E-state index contributed by atoms with van der Waals surface area (Å²) < 4.78 is 12.5. The van der Waals surface area contributed by atoms with Crippen LogP contribution in [0.3, 0.4) is 0 Å². The molecule has 0 bridgehead atoms. The lowest BCUT2D eigenvalue weighted by atomic mass is 9.81. The number of hydrogen-bond donors (Lipinski definition) is 2. The van der Waals surface area contributed by atoms with Crippen LogP contribution in [0.1, 0.15) is 45.2 Å².